The van der Waals surface area contributed by atoms with Crippen LogP contribution in [0.2, 0.25) is 0 Å². The maximum Gasteiger partial charge on any atom is 0.124 e. The summed E-state index contributed by atoms with van der Waals surface area (Å²) in [6, 6.07) is 21.3. The fourth-order valence-corrected chi connectivity index (χ4v) is 3.59. The smallest absolute Gasteiger partial charge is 0.124 e. The summed E-state index contributed by atoms with van der Waals surface area (Å²) in [4.78, 5) is 2.37. The summed E-state index contributed by atoms with van der Waals surface area (Å²) >= 11 is 0. The molecular formula is C23H26N2O2. The van der Waals surface area contributed by atoms with Crippen molar-refractivity contribution >= 4 is 22.1 Å². The van der Waals surface area contributed by atoms with E-state index in [0.29, 0.717) is 6.61 Å². The molecule has 3 aromatic rings. The zero-order chi connectivity index (χ0) is 18.5. The second kappa shape index (κ2) is 8.31. The quantitative estimate of drug-likeness (QED) is 0.690. The van der Waals surface area contributed by atoms with Gasteiger partial charge in [-0.25, -0.2) is 0 Å². The molecule has 0 radical (unpaired) electrons. The van der Waals surface area contributed by atoms with Gasteiger partial charge in [-0.15, -0.1) is 0 Å². The van der Waals surface area contributed by atoms with Gasteiger partial charge in [0.1, 0.15) is 5.75 Å². The summed E-state index contributed by atoms with van der Waals surface area (Å²) in [6.45, 7) is 6.95. The van der Waals surface area contributed by atoms with Crippen LogP contribution in [0, 0.1) is 0 Å². The molecule has 140 valence electrons. The Morgan fingerprint density at radius 2 is 1.74 bits per heavy atom. The minimum atomic E-state index is 0.666. The summed E-state index contributed by atoms with van der Waals surface area (Å²) in [5.41, 5.74) is 3.57. The minimum Gasteiger partial charge on any atom is -0.494 e. The SMILES string of the molecule is CCOc1ccc2ccccc2c1CNc1ccc(N2CCOCC2)cc1. The molecule has 0 aliphatic carbocycles. The highest BCUT2D eigenvalue weighted by Gasteiger charge is 2.11. The number of nitrogens with one attached hydrogen (secondary N) is 1. The van der Waals surface area contributed by atoms with Gasteiger partial charge in [0.2, 0.25) is 0 Å². The van der Waals surface area contributed by atoms with Crippen LogP contribution in [-0.2, 0) is 11.3 Å². The van der Waals surface area contributed by atoms with Crippen molar-refractivity contribution < 1.29 is 9.47 Å². The molecule has 27 heavy (non-hydrogen) atoms. The molecule has 0 bridgehead atoms. The first-order valence-corrected chi connectivity index (χ1v) is 9.65. The number of morpholine rings is 1. The van der Waals surface area contributed by atoms with E-state index in [1.807, 2.05) is 6.92 Å². The molecule has 4 heteroatoms. The average molecular weight is 362 g/mol. The third-order valence-electron chi connectivity index (χ3n) is 5.01. The average Bonchev–Trinajstić information content (AvgIpc) is 2.74. The number of nitrogens with zero attached hydrogens (tertiary/aromatic N) is 1. The van der Waals surface area contributed by atoms with E-state index in [1.54, 1.807) is 0 Å². The largest absolute Gasteiger partial charge is 0.494 e. The van der Waals surface area contributed by atoms with Crippen molar-refractivity contribution in [2.24, 2.45) is 0 Å². The molecule has 1 heterocycles. The molecule has 1 fully saturated rings. The van der Waals surface area contributed by atoms with Gasteiger partial charge >= 0.3 is 0 Å². The molecule has 0 spiro atoms. The highest BCUT2D eigenvalue weighted by atomic mass is 16.5. The van der Waals surface area contributed by atoms with E-state index in [1.165, 1.54) is 22.0 Å². The summed E-state index contributed by atoms with van der Waals surface area (Å²) < 4.78 is 11.3. The van der Waals surface area contributed by atoms with E-state index < -0.39 is 0 Å². The van der Waals surface area contributed by atoms with Gasteiger partial charge in [0, 0.05) is 36.6 Å². The number of hydrogen-bond acceptors (Lipinski definition) is 4. The van der Waals surface area contributed by atoms with E-state index >= 15 is 0 Å². The van der Waals surface area contributed by atoms with Crippen molar-refractivity contribution in [2.75, 3.05) is 43.1 Å². The van der Waals surface area contributed by atoms with Crippen LogP contribution in [0.1, 0.15) is 12.5 Å². The number of benzene rings is 3. The molecular weight excluding hydrogens is 336 g/mol. The molecule has 1 saturated heterocycles. The second-order valence-corrected chi connectivity index (χ2v) is 6.70. The van der Waals surface area contributed by atoms with Crippen molar-refractivity contribution in [3.8, 4) is 5.75 Å². The van der Waals surface area contributed by atoms with Crippen molar-refractivity contribution in [1.29, 1.82) is 0 Å². The fraction of sp³-hybridized carbons (Fsp3) is 0.304. The molecule has 0 unspecified atom stereocenters. The summed E-state index contributed by atoms with van der Waals surface area (Å²) in [5.74, 6) is 0.952. The van der Waals surface area contributed by atoms with Crippen LogP contribution in [0.3, 0.4) is 0 Å². The van der Waals surface area contributed by atoms with Crippen molar-refractivity contribution in [3.05, 3.63) is 66.2 Å². The van der Waals surface area contributed by atoms with Crippen LogP contribution in [-0.4, -0.2) is 32.9 Å². The van der Waals surface area contributed by atoms with Crippen molar-refractivity contribution in [2.45, 2.75) is 13.5 Å². The van der Waals surface area contributed by atoms with Gasteiger partial charge in [-0.1, -0.05) is 30.3 Å². The van der Waals surface area contributed by atoms with Gasteiger partial charge in [0.05, 0.1) is 19.8 Å². The standard InChI is InChI=1S/C23H26N2O2/c1-2-27-23-12-7-18-5-3-4-6-21(18)22(23)17-24-19-8-10-20(11-9-19)25-13-15-26-16-14-25/h3-12,24H,2,13-17H2,1H3. The monoisotopic (exact) mass is 362 g/mol. The van der Waals surface area contributed by atoms with Gasteiger partial charge < -0.3 is 19.7 Å². The molecule has 0 aromatic heterocycles. The minimum absolute atomic E-state index is 0.666. The third kappa shape index (κ3) is 4.01. The zero-order valence-electron chi connectivity index (χ0n) is 15.8. The summed E-state index contributed by atoms with van der Waals surface area (Å²) in [6.07, 6.45) is 0. The number of ether oxygens (including phenoxy) is 2. The summed E-state index contributed by atoms with van der Waals surface area (Å²) in [5, 5.41) is 6.03. The predicted octanol–water partition coefficient (Wildman–Crippen LogP) is 4.69. The van der Waals surface area contributed by atoms with Crippen LogP contribution < -0.4 is 15.0 Å². The molecule has 3 aromatic carbocycles. The first-order chi connectivity index (χ1) is 13.3. The molecule has 0 saturated carbocycles. The lowest BCUT2D eigenvalue weighted by Crippen LogP contribution is -2.36. The Morgan fingerprint density at radius 1 is 0.963 bits per heavy atom. The molecule has 1 aliphatic rings. The van der Waals surface area contributed by atoms with Crippen LogP contribution >= 0.6 is 0 Å². The number of hydrogen-bond donors (Lipinski definition) is 1. The van der Waals surface area contributed by atoms with E-state index in [9.17, 15) is 0 Å². The Morgan fingerprint density at radius 3 is 2.52 bits per heavy atom. The highest BCUT2D eigenvalue weighted by Crippen LogP contribution is 2.29. The summed E-state index contributed by atoms with van der Waals surface area (Å²) in [7, 11) is 0. The topological polar surface area (TPSA) is 33.7 Å². The van der Waals surface area contributed by atoms with Crippen LogP contribution in [0.25, 0.3) is 10.8 Å². The first kappa shape index (κ1) is 17.7. The van der Waals surface area contributed by atoms with Crippen molar-refractivity contribution in [3.63, 3.8) is 0 Å². The second-order valence-electron chi connectivity index (χ2n) is 6.70. The van der Waals surface area contributed by atoms with Crippen LogP contribution in [0.15, 0.2) is 60.7 Å². The number of rotatable bonds is 6. The Bertz CT molecular complexity index is 887. The molecule has 4 nitrogen and oxygen atoms in total. The Hall–Kier alpha value is -2.72. The molecule has 0 atom stereocenters. The highest BCUT2D eigenvalue weighted by molar-refractivity contribution is 5.88. The number of fused-ring (bicyclic) bond motifs is 1. The first-order valence-electron chi connectivity index (χ1n) is 9.65. The van der Waals surface area contributed by atoms with Crippen molar-refractivity contribution in [1.82, 2.24) is 0 Å². The molecule has 1 N–H and O–H groups in total. The Labute approximate surface area is 160 Å². The van der Waals surface area contributed by atoms with Gasteiger partial charge in [-0.2, -0.15) is 0 Å². The van der Waals surface area contributed by atoms with E-state index in [2.05, 4.69) is 70.9 Å². The van der Waals surface area contributed by atoms with Crippen LogP contribution in [0.4, 0.5) is 11.4 Å². The van der Waals surface area contributed by atoms with Gasteiger partial charge in [0.15, 0.2) is 0 Å². The lowest BCUT2D eigenvalue weighted by atomic mass is 10.0. The van der Waals surface area contributed by atoms with Crippen LogP contribution in [0.5, 0.6) is 5.75 Å². The lowest BCUT2D eigenvalue weighted by Gasteiger charge is -2.29. The fourth-order valence-electron chi connectivity index (χ4n) is 3.59. The molecule has 1 aliphatic heterocycles. The number of anilines is 2. The predicted molar refractivity (Wildman–Crippen MR) is 112 cm³/mol. The third-order valence-corrected chi connectivity index (χ3v) is 5.01. The maximum atomic E-state index is 5.87. The van der Waals surface area contributed by atoms with E-state index in [-0.39, 0.29) is 0 Å². The van der Waals surface area contributed by atoms with E-state index in [0.717, 1.165) is 44.3 Å². The maximum absolute atomic E-state index is 5.87. The Kier molecular flexibility index (Phi) is 5.45. The molecule has 0 amide bonds. The van der Waals surface area contributed by atoms with Gasteiger partial charge in [-0.3, -0.25) is 0 Å². The van der Waals surface area contributed by atoms with E-state index in [4.69, 9.17) is 9.47 Å². The van der Waals surface area contributed by atoms with Gasteiger partial charge in [-0.05, 0) is 48.0 Å². The normalized spacial score (nSPS) is 14.3. The zero-order valence-corrected chi connectivity index (χ0v) is 15.8. The van der Waals surface area contributed by atoms with Gasteiger partial charge in [0.25, 0.3) is 0 Å². The Balaban J connectivity index is 1.52. The molecule has 4 rings (SSSR count). The lowest BCUT2D eigenvalue weighted by molar-refractivity contribution is 0.122.